The third-order valence-electron chi connectivity index (χ3n) is 2.38. The molecule has 0 fully saturated rings. The van der Waals surface area contributed by atoms with Crippen molar-refractivity contribution < 1.29 is 0 Å². The number of nitrogens with zero attached hydrogens (tertiary/aromatic N) is 2. The first-order chi connectivity index (χ1) is 8.19. The second-order valence-corrected chi connectivity index (χ2v) is 4.90. The summed E-state index contributed by atoms with van der Waals surface area (Å²) in [5, 5.41) is 14.9. The highest BCUT2D eigenvalue weighted by Gasteiger charge is 2.05. The zero-order valence-corrected chi connectivity index (χ0v) is 10.6. The van der Waals surface area contributed by atoms with E-state index in [4.69, 9.17) is 5.26 Å². The summed E-state index contributed by atoms with van der Waals surface area (Å²) >= 11 is 1.60. The van der Waals surface area contributed by atoms with Gasteiger partial charge in [-0.05, 0) is 30.2 Å². The molecule has 0 atom stereocenters. The van der Waals surface area contributed by atoms with Crippen LogP contribution in [0.25, 0.3) is 0 Å². The fraction of sp³-hybridized carbons (Fsp3) is 0.231. The zero-order valence-electron chi connectivity index (χ0n) is 9.77. The standard InChI is InChI=1S/C13H13N3S/c1-9(2)12-8-17-13(16-12)15-11-5-3-10(7-14)4-6-11/h3-6,8-9H,1-2H3,(H,15,16). The lowest BCUT2D eigenvalue weighted by Gasteiger charge is -2.02. The van der Waals surface area contributed by atoms with Crippen LogP contribution in [0.2, 0.25) is 0 Å². The molecule has 0 aliphatic carbocycles. The molecule has 1 aromatic carbocycles. The maximum Gasteiger partial charge on any atom is 0.187 e. The lowest BCUT2D eigenvalue weighted by Crippen LogP contribution is -1.91. The lowest BCUT2D eigenvalue weighted by molar-refractivity contribution is 0.834. The topological polar surface area (TPSA) is 48.7 Å². The number of benzene rings is 1. The van der Waals surface area contributed by atoms with Crippen LogP contribution in [0, 0.1) is 11.3 Å². The Balaban J connectivity index is 2.11. The van der Waals surface area contributed by atoms with E-state index >= 15 is 0 Å². The number of hydrogen-bond donors (Lipinski definition) is 1. The van der Waals surface area contributed by atoms with Crippen LogP contribution in [0.1, 0.15) is 31.0 Å². The number of anilines is 2. The first kappa shape index (κ1) is 11.6. The van der Waals surface area contributed by atoms with Gasteiger partial charge in [-0.15, -0.1) is 11.3 Å². The average molecular weight is 243 g/mol. The molecule has 0 saturated carbocycles. The van der Waals surface area contributed by atoms with Crippen LogP contribution >= 0.6 is 11.3 Å². The Morgan fingerprint density at radius 3 is 2.53 bits per heavy atom. The Morgan fingerprint density at radius 1 is 1.29 bits per heavy atom. The van der Waals surface area contributed by atoms with Crippen molar-refractivity contribution in [2.45, 2.75) is 19.8 Å². The molecule has 0 spiro atoms. The minimum Gasteiger partial charge on any atom is -0.332 e. The number of hydrogen-bond acceptors (Lipinski definition) is 4. The molecule has 2 rings (SSSR count). The summed E-state index contributed by atoms with van der Waals surface area (Å²) in [7, 11) is 0. The second kappa shape index (κ2) is 4.98. The lowest BCUT2D eigenvalue weighted by atomic mass is 10.2. The largest absolute Gasteiger partial charge is 0.332 e. The predicted octanol–water partition coefficient (Wildman–Crippen LogP) is 3.88. The molecule has 0 radical (unpaired) electrons. The van der Waals surface area contributed by atoms with E-state index in [1.165, 1.54) is 0 Å². The minimum absolute atomic E-state index is 0.447. The Hall–Kier alpha value is -1.86. The van der Waals surface area contributed by atoms with Crippen molar-refractivity contribution in [3.05, 3.63) is 40.9 Å². The van der Waals surface area contributed by atoms with Crippen molar-refractivity contribution in [3.8, 4) is 6.07 Å². The smallest absolute Gasteiger partial charge is 0.187 e. The maximum atomic E-state index is 8.70. The van der Waals surface area contributed by atoms with E-state index in [-0.39, 0.29) is 0 Å². The Morgan fingerprint density at radius 2 is 2.00 bits per heavy atom. The van der Waals surface area contributed by atoms with Crippen molar-refractivity contribution >= 4 is 22.2 Å². The van der Waals surface area contributed by atoms with Crippen molar-refractivity contribution in [3.63, 3.8) is 0 Å². The molecule has 86 valence electrons. The molecule has 4 heteroatoms. The molecule has 3 nitrogen and oxygen atoms in total. The van der Waals surface area contributed by atoms with Crippen LogP contribution in [0.4, 0.5) is 10.8 Å². The summed E-state index contributed by atoms with van der Waals surface area (Å²) in [6.07, 6.45) is 0. The zero-order chi connectivity index (χ0) is 12.3. The van der Waals surface area contributed by atoms with Gasteiger partial charge in [-0.3, -0.25) is 0 Å². The molecular weight excluding hydrogens is 230 g/mol. The molecule has 0 aliphatic rings. The quantitative estimate of drug-likeness (QED) is 0.889. The number of aromatic nitrogens is 1. The Bertz CT molecular complexity index is 535. The van der Waals surface area contributed by atoms with Gasteiger partial charge < -0.3 is 5.32 Å². The summed E-state index contributed by atoms with van der Waals surface area (Å²) in [5.74, 6) is 0.447. The molecule has 0 aliphatic heterocycles. The minimum atomic E-state index is 0.447. The number of rotatable bonds is 3. The average Bonchev–Trinajstić information content (AvgIpc) is 2.79. The van der Waals surface area contributed by atoms with Crippen molar-refractivity contribution in [1.29, 1.82) is 5.26 Å². The van der Waals surface area contributed by atoms with Crippen molar-refractivity contribution in [2.24, 2.45) is 0 Å². The highest BCUT2D eigenvalue weighted by atomic mass is 32.1. The number of nitrogens with one attached hydrogen (secondary N) is 1. The summed E-state index contributed by atoms with van der Waals surface area (Å²) in [5.41, 5.74) is 2.72. The van der Waals surface area contributed by atoms with E-state index in [1.807, 2.05) is 12.1 Å². The first-order valence-corrected chi connectivity index (χ1v) is 6.29. The van der Waals surface area contributed by atoms with Crippen LogP contribution in [-0.2, 0) is 0 Å². The van der Waals surface area contributed by atoms with E-state index < -0.39 is 0 Å². The van der Waals surface area contributed by atoms with Crippen LogP contribution in [-0.4, -0.2) is 4.98 Å². The first-order valence-electron chi connectivity index (χ1n) is 5.41. The maximum absolute atomic E-state index is 8.70. The second-order valence-electron chi connectivity index (χ2n) is 4.05. The van der Waals surface area contributed by atoms with E-state index in [1.54, 1.807) is 23.5 Å². The molecule has 0 bridgehead atoms. The van der Waals surface area contributed by atoms with Gasteiger partial charge in [-0.25, -0.2) is 4.98 Å². The van der Waals surface area contributed by atoms with E-state index in [0.29, 0.717) is 11.5 Å². The van der Waals surface area contributed by atoms with Gasteiger partial charge in [0.25, 0.3) is 0 Å². The van der Waals surface area contributed by atoms with Gasteiger partial charge in [0.05, 0.1) is 17.3 Å². The van der Waals surface area contributed by atoms with Gasteiger partial charge in [0, 0.05) is 11.1 Å². The molecule has 1 N–H and O–H groups in total. The Kier molecular flexibility index (Phi) is 3.40. The van der Waals surface area contributed by atoms with Crippen LogP contribution in [0.3, 0.4) is 0 Å². The molecule has 0 saturated heterocycles. The predicted molar refractivity (Wildman–Crippen MR) is 70.6 cm³/mol. The normalized spacial score (nSPS) is 10.2. The van der Waals surface area contributed by atoms with Crippen LogP contribution in [0.5, 0.6) is 0 Å². The van der Waals surface area contributed by atoms with Gasteiger partial charge in [0.2, 0.25) is 0 Å². The van der Waals surface area contributed by atoms with Gasteiger partial charge in [0.15, 0.2) is 5.13 Å². The third kappa shape index (κ3) is 2.83. The fourth-order valence-electron chi connectivity index (χ4n) is 1.36. The SMILES string of the molecule is CC(C)c1csc(Nc2ccc(C#N)cc2)n1. The van der Waals surface area contributed by atoms with E-state index in [9.17, 15) is 0 Å². The van der Waals surface area contributed by atoms with Gasteiger partial charge in [-0.2, -0.15) is 5.26 Å². The molecule has 0 unspecified atom stereocenters. The molecule has 1 aromatic heterocycles. The molecule has 0 amide bonds. The van der Waals surface area contributed by atoms with Crippen LogP contribution < -0.4 is 5.32 Å². The van der Waals surface area contributed by atoms with Gasteiger partial charge in [-0.1, -0.05) is 13.8 Å². The number of nitriles is 1. The summed E-state index contributed by atoms with van der Waals surface area (Å²) in [4.78, 5) is 4.49. The monoisotopic (exact) mass is 243 g/mol. The highest BCUT2D eigenvalue weighted by Crippen LogP contribution is 2.24. The molecular formula is C13H13N3S. The van der Waals surface area contributed by atoms with Crippen molar-refractivity contribution in [1.82, 2.24) is 4.98 Å². The molecule has 17 heavy (non-hydrogen) atoms. The van der Waals surface area contributed by atoms with Gasteiger partial charge >= 0.3 is 0 Å². The summed E-state index contributed by atoms with van der Waals surface area (Å²) in [6.45, 7) is 4.25. The van der Waals surface area contributed by atoms with E-state index in [0.717, 1.165) is 16.5 Å². The molecule has 1 heterocycles. The molecule has 2 aromatic rings. The number of thiazole rings is 1. The summed E-state index contributed by atoms with van der Waals surface area (Å²) in [6, 6.07) is 9.45. The Labute approximate surface area is 105 Å². The fourth-order valence-corrected chi connectivity index (χ4v) is 2.25. The third-order valence-corrected chi connectivity index (χ3v) is 3.15. The van der Waals surface area contributed by atoms with E-state index in [2.05, 4.69) is 35.6 Å². The van der Waals surface area contributed by atoms with Crippen molar-refractivity contribution in [2.75, 3.05) is 5.32 Å². The van der Waals surface area contributed by atoms with Gasteiger partial charge in [0.1, 0.15) is 0 Å². The summed E-state index contributed by atoms with van der Waals surface area (Å²) < 4.78 is 0. The van der Waals surface area contributed by atoms with Crippen LogP contribution in [0.15, 0.2) is 29.6 Å². The highest BCUT2D eigenvalue weighted by molar-refractivity contribution is 7.13.